The molecule has 1 atom stereocenters. The molecule has 0 amide bonds. The third-order valence-electron chi connectivity index (χ3n) is 2.94. The van der Waals surface area contributed by atoms with Crippen LogP contribution in [-0.2, 0) is 0 Å². The Labute approximate surface area is 105 Å². The van der Waals surface area contributed by atoms with E-state index in [1.54, 1.807) is 0 Å². The first-order valence-electron chi connectivity index (χ1n) is 6.05. The number of benzene rings is 1. The Balaban J connectivity index is 2.90. The van der Waals surface area contributed by atoms with Crippen molar-refractivity contribution in [2.75, 3.05) is 0 Å². The summed E-state index contributed by atoms with van der Waals surface area (Å²) in [5, 5.41) is 0.821. The first-order valence-corrected chi connectivity index (χ1v) is 6.43. The number of hydrogen-bond donors (Lipinski definition) is 0. The van der Waals surface area contributed by atoms with Crippen LogP contribution in [0.15, 0.2) is 24.3 Å². The van der Waals surface area contributed by atoms with Crippen molar-refractivity contribution in [3.05, 3.63) is 34.9 Å². The Bertz CT molecular complexity index is 316. The van der Waals surface area contributed by atoms with E-state index >= 15 is 0 Å². The Hall–Kier alpha value is -0.490. The lowest BCUT2D eigenvalue weighted by atomic mass is 9.76. The second kappa shape index (κ2) is 5.23. The van der Waals surface area contributed by atoms with Crippen LogP contribution in [0.1, 0.15) is 52.5 Å². The van der Waals surface area contributed by atoms with Gasteiger partial charge in [0, 0.05) is 5.02 Å². The molecule has 0 aliphatic rings. The summed E-state index contributed by atoms with van der Waals surface area (Å²) >= 11 is 5.93. The van der Waals surface area contributed by atoms with Crippen LogP contribution in [0.4, 0.5) is 0 Å². The highest BCUT2D eigenvalue weighted by molar-refractivity contribution is 6.30. The van der Waals surface area contributed by atoms with Crippen LogP contribution in [0.3, 0.4) is 0 Å². The zero-order chi connectivity index (χ0) is 12.3. The average Bonchev–Trinajstić information content (AvgIpc) is 2.14. The fourth-order valence-corrected chi connectivity index (χ4v) is 2.23. The van der Waals surface area contributed by atoms with Gasteiger partial charge in [0.05, 0.1) is 0 Å². The van der Waals surface area contributed by atoms with Crippen LogP contribution in [-0.4, -0.2) is 0 Å². The quantitative estimate of drug-likeness (QED) is 0.651. The lowest BCUT2D eigenvalue weighted by molar-refractivity contribution is 0.301. The van der Waals surface area contributed by atoms with Crippen molar-refractivity contribution in [3.63, 3.8) is 0 Å². The van der Waals surface area contributed by atoms with Gasteiger partial charge in [-0.05, 0) is 41.4 Å². The molecule has 0 aliphatic carbocycles. The van der Waals surface area contributed by atoms with E-state index in [1.165, 1.54) is 12.0 Å². The molecule has 1 aromatic rings. The highest BCUT2D eigenvalue weighted by Crippen LogP contribution is 2.36. The molecule has 0 heterocycles. The summed E-state index contributed by atoms with van der Waals surface area (Å²) in [6, 6.07) is 8.32. The van der Waals surface area contributed by atoms with E-state index in [9.17, 15) is 0 Å². The molecule has 0 radical (unpaired) electrons. The topological polar surface area (TPSA) is 0 Å². The third kappa shape index (κ3) is 4.17. The second-order valence-corrected chi connectivity index (χ2v) is 6.60. The van der Waals surface area contributed by atoms with Gasteiger partial charge < -0.3 is 0 Å². The minimum Gasteiger partial charge on any atom is -0.0843 e. The van der Waals surface area contributed by atoms with Gasteiger partial charge in [-0.2, -0.15) is 0 Å². The highest BCUT2D eigenvalue weighted by Gasteiger charge is 2.22. The van der Waals surface area contributed by atoms with Crippen molar-refractivity contribution in [1.29, 1.82) is 0 Å². The summed E-state index contributed by atoms with van der Waals surface area (Å²) in [7, 11) is 0. The van der Waals surface area contributed by atoms with Crippen LogP contribution in [0, 0.1) is 11.3 Å². The Morgan fingerprint density at radius 3 is 1.94 bits per heavy atom. The van der Waals surface area contributed by atoms with Crippen molar-refractivity contribution >= 4 is 11.6 Å². The first kappa shape index (κ1) is 13.6. The Morgan fingerprint density at radius 2 is 1.56 bits per heavy atom. The highest BCUT2D eigenvalue weighted by atomic mass is 35.5. The Kier molecular flexibility index (Phi) is 4.43. The van der Waals surface area contributed by atoms with Crippen molar-refractivity contribution in [1.82, 2.24) is 0 Å². The average molecular weight is 239 g/mol. The van der Waals surface area contributed by atoms with Gasteiger partial charge in [-0.25, -0.2) is 0 Å². The van der Waals surface area contributed by atoms with E-state index in [-0.39, 0.29) is 0 Å². The molecule has 0 fully saturated rings. The molecular weight excluding hydrogens is 216 g/mol. The molecule has 0 nitrogen and oxygen atoms in total. The van der Waals surface area contributed by atoms with Crippen molar-refractivity contribution in [2.45, 2.75) is 47.0 Å². The van der Waals surface area contributed by atoms with E-state index < -0.39 is 0 Å². The van der Waals surface area contributed by atoms with E-state index in [4.69, 9.17) is 11.6 Å². The summed E-state index contributed by atoms with van der Waals surface area (Å²) in [6.07, 6.45) is 1.21. The van der Waals surface area contributed by atoms with Gasteiger partial charge in [0.1, 0.15) is 0 Å². The van der Waals surface area contributed by atoms with E-state index in [0.717, 1.165) is 5.02 Å². The zero-order valence-electron chi connectivity index (χ0n) is 11.0. The number of hydrogen-bond acceptors (Lipinski definition) is 0. The standard InChI is InChI=1S/C15H23Cl/c1-11(2)14(10-15(3,4)5)12-6-8-13(16)9-7-12/h6-9,11,14H,10H2,1-5H3. The van der Waals surface area contributed by atoms with E-state index in [1.807, 2.05) is 12.1 Å². The molecule has 0 aliphatic heterocycles. The zero-order valence-corrected chi connectivity index (χ0v) is 11.8. The van der Waals surface area contributed by atoms with Crippen LogP contribution in [0.5, 0.6) is 0 Å². The molecule has 1 unspecified atom stereocenters. The van der Waals surface area contributed by atoms with E-state index in [0.29, 0.717) is 17.3 Å². The molecule has 0 saturated carbocycles. The van der Waals surface area contributed by atoms with Gasteiger partial charge in [0.15, 0.2) is 0 Å². The predicted molar refractivity (Wildman–Crippen MR) is 73.1 cm³/mol. The molecule has 1 rings (SSSR count). The molecule has 0 bridgehead atoms. The maximum atomic E-state index is 5.93. The molecule has 0 aromatic heterocycles. The second-order valence-electron chi connectivity index (χ2n) is 6.17. The molecule has 1 heteroatoms. The van der Waals surface area contributed by atoms with Gasteiger partial charge in [-0.1, -0.05) is 58.4 Å². The molecule has 16 heavy (non-hydrogen) atoms. The monoisotopic (exact) mass is 238 g/mol. The molecule has 1 aromatic carbocycles. The summed E-state index contributed by atoms with van der Waals surface area (Å²) in [5.74, 6) is 1.29. The maximum absolute atomic E-state index is 5.93. The minimum absolute atomic E-state index is 0.370. The maximum Gasteiger partial charge on any atom is 0.0406 e. The normalized spacial score (nSPS) is 14.2. The molecule has 0 saturated heterocycles. The summed E-state index contributed by atoms with van der Waals surface area (Å²) < 4.78 is 0. The summed E-state index contributed by atoms with van der Waals surface area (Å²) in [5.41, 5.74) is 1.78. The lowest BCUT2D eigenvalue weighted by Crippen LogP contribution is -2.16. The SMILES string of the molecule is CC(C)C(CC(C)(C)C)c1ccc(Cl)cc1. The molecule has 0 N–H and O–H groups in total. The van der Waals surface area contributed by atoms with Crippen LogP contribution in [0.2, 0.25) is 5.02 Å². The molecule has 90 valence electrons. The van der Waals surface area contributed by atoms with Gasteiger partial charge in [0.2, 0.25) is 0 Å². The van der Waals surface area contributed by atoms with Gasteiger partial charge >= 0.3 is 0 Å². The largest absolute Gasteiger partial charge is 0.0843 e. The van der Waals surface area contributed by atoms with Gasteiger partial charge in [-0.15, -0.1) is 0 Å². The number of halogens is 1. The van der Waals surface area contributed by atoms with Crippen LogP contribution >= 0.6 is 11.6 Å². The summed E-state index contributed by atoms with van der Waals surface area (Å²) in [6.45, 7) is 11.5. The first-order chi connectivity index (χ1) is 7.29. The van der Waals surface area contributed by atoms with Crippen LogP contribution in [0.25, 0.3) is 0 Å². The fraction of sp³-hybridized carbons (Fsp3) is 0.600. The predicted octanol–water partition coefficient (Wildman–Crippen LogP) is 5.52. The fourth-order valence-electron chi connectivity index (χ4n) is 2.11. The van der Waals surface area contributed by atoms with Crippen molar-refractivity contribution in [3.8, 4) is 0 Å². The molecule has 0 spiro atoms. The summed E-state index contributed by atoms with van der Waals surface area (Å²) in [4.78, 5) is 0. The number of rotatable bonds is 3. The minimum atomic E-state index is 0.370. The van der Waals surface area contributed by atoms with Gasteiger partial charge in [-0.3, -0.25) is 0 Å². The lowest BCUT2D eigenvalue weighted by Gasteiger charge is -2.29. The molecular formula is C15H23Cl. The third-order valence-corrected chi connectivity index (χ3v) is 3.19. The van der Waals surface area contributed by atoms with E-state index in [2.05, 4.69) is 46.8 Å². The van der Waals surface area contributed by atoms with Crippen molar-refractivity contribution in [2.24, 2.45) is 11.3 Å². The smallest absolute Gasteiger partial charge is 0.0406 e. The van der Waals surface area contributed by atoms with Gasteiger partial charge in [0.25, 0.3) is 0 Å². The Morgan fingerprint density at radius 1 is 1.06 bits per heavy atom. The van der Waals surface area contributed by atoms with Crippen molar-refractivity contribution < 1.29 is 0 Å². The van der Waals surface area contributed by atoms with Crippen LogP contribution < -0.4 is 0 Å².